The molecule has 1 N–H and O–H groups in total. The van der Waals surface area contributed by atoms with Gasteiger partial charge in [0.25, 0.3) is 0 Å². The van der Waals surface area contributed by atoms with Crippen molar-refractivity contribution in [3.63, 3.8) is 0 Å². The first-order valence-corrected chi connectivity index (χ1v) is 6.23. The van der Waals surface area contributed by atoms with Crippen LogP contribution in [-0.2, 0) is 4.74 Å². The van der Waals surface area contributed by atoms with Crippen LogP contribution in [0.15, 0.2) is 9.65 Å². The quantitative estimate of drug-likeness (QED) is 0.654. The van der Waals surface area contributed by atoms with Gasteiger partial charge in [0, 0.05) is 12.3 Å². The highest BCUT2D eigenvalue weighted by atomic mass is 32.2. The van der Waals surface area contributed by atoms with E-state index < -0.39 is 11.7 Å². The summed E-state index contributed by atoms with van der Waals surface area (Å²) >= 11 is 1.28. The van der Waals surface area contributed by atoms with Gasteiger partial charge in [-0.15, -0.1) is 0 Å². The van der Waals surface area contributed by atoms with Crippen LogP contribution in [0.25, 0.3) is 0 Å². The minimum Gasteiger partial charge on any atom is -0.444 e. The fraction of sp³-hybridized carbons (Fsp3) is 0.600. The largest absolute Gasteiger partial charge is 0.444 e. The molecule has 0 atom stereocenters. The van der Waals surface area contributed by atoms with Gasteiger partial charge in [0.2, 0.25) is 5.69 Å². The number of nitrogens with zero attached hydrogens (tertiary/aromatic N) is 3. The van der Waals surface area contributed by atoms with Gasteiger partial charge in [-0.2, -0.15) is 5.26 Å². The molecule has 0 aromatic carbocycles. The van der Waals surface area contributed by atoms with E-state index in [9.17, 15) is 4.79 Å². The zero-order chi connectivity index (χ0) is 13.6. The van der Waals surface area contributed by atoms with Gasteiger partial charge in [-0.05, 0) is 31.1 Å². The summed E-state index contributed by atoms with van der Waals surface area (Å²) in [5.41, 5.74) is -0.362. The standard InChI is InChI=1S/C10H14N4O3S/c1-10(2,3)16-9(15)12-4-5-18-8-7(6-11)13-17-14-8/h4-5H2,1-3H3,(H,12,15). The summed E-state index contributed by atoms with van der Waals surface area (Å²) in [6, 6.07) is 1.86. The molecule has 1 rings (SSSR count). The number of thioether (sulfide) groups is 1. The second-order valence-electron chi connectivity index (χ2n) is 4.31. The summed E-state index contributed by atoms with van der Waals surface area (Å²) < 4.78 is 9.49. The first kappa shape index (κ1) is 14.3. The van der Waals surface area contributed by atoms with Crippen LogP contribution in [-0.4, -0.2) is 34.3 Å². The van der Waals surface area contributed by atoms with Crippen LogP contribution in [0, 0.1) is 11.3 Å². The van der Waals surface area contributed by atoms with E-state index >= 15 is 0 Å². The maximum absolute atomic E-state index is 11.3. The molecule has 0 aliphatic carbocycles. The van der Waals surface area contributed by atoms with Crippen LogP contribution in [0.3, 0.4) is 0 Å². The van der Waals surface area contributed by atoms with Crippen LogP contribution in [0.1, 0.15) is 26.5 Å². The molecule has 18 heavy (non-hydrogen) atoms. The van der Waals surface area contributed by atoms with Crippen LogP contribution in [0.2, 0.25) is 0 Å². The fourth-order valence-electron chi connectivity index (χ4n) is 0.959. The zero-order valence-corrected chi connectivity index (χ0v) is 11.2. The van der Waals surface area contributed by atoms with Crippen molar-refractivity contribution in [2.75, 3.05) is 12.3 Å². The molecule has 98 valence electrons. The SMILES string of the molecule is CC(C)(C)OC(=O)NCCSc1nonc1C#N. The summed E-state index contributed by atoms with van der Waals surface area (Å²) in [6.07, 6.45) is -0.470. The molecule has 8 heteroatoms. The normalized spacial score (nSPS) is 10.8. The minimum absolute atomic E-state index is 0.150. The van der Waals surface area contributed by atoms with Crippen molar-refractivity contribution in [2.24, 2.45) is 0 Å². The molecule has 0 fully saturated rings. The summed E-state index contributed by atoms with van der Waals surface area (Å²) in [5, 5.41) is 18.7. The summed E-state index contributed by atoms with van der Waals surface area (Å²) in [4.78, 5) is 11.3. The van der Waals surface area contributed by atoms with Gasteiger partial charge >= 0.3 is 6.09 Å². The van der Waals surface area contributed by atoms with E-state index in [2.05, 4.69) is 20.3 Å². The predicted molar refractivity (Wildman–Crippen MR) is 64.0 cm³/mol. The number of rotatable bonds is 4. The first-order chi connectivity index (χ1) is 8.42. The van der Waals surface area contributed by atoms with E-state index in [4.69, 9.17) is 10.00 Å². The third-order valence-corrected chi connectivity index (χ3v) is 2.52. The number of hydrogen-bond donors (Lipinski definition) is 1. The molecule has 0 unspecified atom stereocenters. The molecule has 0 bridgehead atoms. The summed E-state index contributed by atoms with van der Waals surface area (Å²) in [7, 11) is 0. The number of nitrogens with one attached hydrogen (secondary N) is 1. The third-order valence-electron chi connectivity index (χ3n) is 1.57. The maximum atomic E-state index is 11.3. The number of alkyl carbamates (subject to hydrolysis) is 1. The lowest BCUT2D eigenvalue weighted by Crippen LogP contribution is -2.33. The Labute approximate surface area is 109 Å². The average molecular weight is 270 g/mol. The predicted octanol–water partition coefficient (Wildman–Crippen LogP) is 1.56. The molecule has 0 aliphatic heterocycles. The molecule has 0 saturated heterocycles. The van der Waals surface area contributed by atoms with Gasteiger partial charge in [-0.3, -0.25) is 0 Å². The molecule has 0 aliphatic rings. The Bertz CT molecular complexity index is 447. The van der Waals surface area contributed by atoms with Gasteiger partial charge < -0.3 is 10.1 Å². The van der Waals surface area contributed by atoms with Gasteiger partial charge in [-0.1, -0.05) is 11.8 Å². The number of carbonyl (C=O) groups excluding carboxylic acids is 1. The van der Waals surface area contributed by atoms with Crippen LogP contribution < -0.4 is 5.32 Å². The Morgan fingerprint density at radius 2 is 2.28 bits per heavy atom. The Kier molecular flexibility index (Phi) is 4.97. The molecular formula is C10H14N4O3S. The Morgan fingerprint density at radius 1 is 1.56 bits per heavy atom. The van der Waals surface area contributed by atoms with Crippen molar-refractivity contribution >= 4 is 17.9 Å². The number of nitriles is 1. The number of carbonyl (C=O) groups is 1. The highest BCUT2D eigenvalue weighted by Crippen LogP contribution is 2.17. The molecule has 1 aromatic heterocycles. The summed E-state index contributed by atoms with van der Waals surface area (Å²) in [5.74, 6) is 0.544. The van der Waals surface area contributed by atoms with E-state index in [0.717, 1.165) is 0 Å². The fourth-order valence-corrected chi connectivity index (χ4v) is 1.66. The Balaban J connectivity index is 2.24. The molecular weight excluding hydrogens is 256 g/mol. The lowest BCUT2D eigenvalue weighted by atomic mass is 10.2. The molecule has 0 radical (unpaired) electrons. The Hall–Kier alpha value is -1.75. The average Bonchev–Trinajstić information content (AvgIpc) is 2.69. The summed E-state index contributed by atoms with van der Waals surface area (Å²) in [6.45, 7) is 5.78. The van der Waals surface area contributed by atoms with E-state index in [1.807, 2.05) is 6.07 Å². The third kappa shape index (κ3) is 5.05. The second kappa shape index (κ2) is 6.26. The van der Waals surface area contributed by atoms with Crippen molar-refractivity contribution in [3.05, 3.63) is 5.69 Å². The van der Waals surface area contributed by atoms with Crippen LogP contribution >= 0.6 is 11.8 Å². The molecule has 1 heterocycles. The highest BCUT2D eigenvalue weighted by Gasteiger charge is 2.15. The molecule has 1 amide bonds. The topological polar surface area (TPSA) is 101 Å². The molecule has 1 aromatic rings. The minimum atomic E-state index is -0.513. The van der Waals surface area contributed by atoms with Crippen molar-refractivity contribution in [2.45, 2.75) is 31.4 Å². The van der Waals surface area contributed by atoms with Gasteiger partial charge in [0.1, 0.15) is 11.7 Å². The van der Waals surface area contributed by atoms with Crippen LogP contribution in [0.5, 0.6) is 0 Å². The lowest BCUT2D eigenvalue weighted by Gasteiger charge is -2.19. The Morgan fingerprint density at radius 3 is 2.89 bits per heavy atom. The van der Waals surface area contributed by atoms with Gasteiger partial charge in [0.05, 0.1) is 0 Å². The van der Waals surface area contributed by atoms with Crippen LogP contribution in [0.4, 0.5) is 4.79 Å². The zero-order valence-electron chi connectivity index (χ0n) is 10.4. The highest BCUT2D eigenvalue weighted by molar-refractivity contribution is 7.99. The molecule has 0 spiro atoms. The number of amides is 1. The van der Waals surface area contributed by atoms with Gasteiger partial charge in [-0.25, -0.2) is 9.42 Å². The van der Waals surface area contributed by atoms with Crippen molar-refractivity contribution < 1.29 is 14.2 Å². The molecule has 0 saturated carbocycles. The molecule has 7 nitrogen and oxygen atoms in total. The van der Waals surface area contributed by atoms with Crippen molar-refractivity contribution in [3.8, 4) is 6.07 Å². The smallest absolute Gasteiger partial charge is 0.407 e. The monoisotopic (exact) mass is 270 g/mol. The van der Waals surface area contributed by atoms with E-state index in [1.54, 1.807) is 20.8 Å². The van der Waals surface area contributed by atoms with E-state index in [0.29, 0.717) is 17.3 Å². The van der Waals surface area contributed by atoms with Gasteiger partial charge in [0.15, 0.2) is 5.03 Å². The van der Waals surface area contributed by atoms with E-state index in [-0.39, 0.29) is 5.69 Å². The van der Waals surface area contributed by atoms with Crippen molar-refractivity contribution in [1.29, 1.82) is 5.26 Å². The van der Waals surface area contributed by atoms with E-state index in [1.165, 1.54) is 11.8 Å². The number of aromatic nitrogens is 2. The second-order valence-corrected chi connectivity index (χ2v) is 5.39. The lowest BCUT2D eigenvalue weighted by molar-refractivity contribution is 0.0531. The maximum Gasteiger partial charge on any atom is 0.407 e. The first-order valence-electron chi connectivity index (χ1n) is 5.24. The number of ether oxygens (including phenoxy) is 1. The van der Waals surface area contributed by atoms with Crippen molar-refractivity contribution in [1.82, 2.24) is 15.6 Å². The number of hydrogen-bond acceptors (Lipinski definition) is 7.